The van der Waals surface area contributed by atoms with Crippen molar-refractivity contribution in [1.29, 1.82) is 0 Å². The number of halogens is 5. The summed E-state index contributed by atoms with van der Waals surface area (Å²) >= 11 is 0. The summed E-state index contributed by atoms with van der Waals surface area (Å²) in [5.41, 5.74) is 7.24. The maximum atomic E-state index is 13.7. The van der Waals surface area contributed by atoms with Gasteiger partial charge in [0.15, 0.2) is 0 Å². The van der Waals surface area contributed by atoms with Crippen molar-refractivity contribution >= 4 is 23.0 Å². The fourth-order valence-corrected chi connectivity index (χ4v) is 4.03. The molecule has 0 spiro atoms. The van der Waals surface area contributed by atoms with Gasteiger partial charge in [0.2, 0.25) is 0 Å². The van der Waals surface area contributed by atoms with Crippen molar-refractivity contribution in [3.05, 3.63) is 17.7 Å². The standard InChI is InChI=1S/C19H25F5N4O/c1-26-15-9-16(28-7-6-18(20,21)10-28)13(8-14(15)25)17(29)27-12-4-2-11(3-5-12)19(22,23)24/h8-9,11-12,26H,2-7,10,25H2,1H3,(H,27,29). The highest BCUT2D eigenvalue weighted by atomic mass is 19.4. The monoisotopic (exact) mass is 420 g/mol. The van der Waals surface area contributed by atoms with Crippen molar-refractivity contribution < 1.29 is 26.7 Å². The molecule has 2 aliphatic rings. The molecule has 1 aromatic rings. The Bertz CT molecular complexity index is 760. The molecule has 10 heteroatoms. The number of nitrogens with two attached hydrogens (primary N) is 1. The van der Waals surface area contributed by atoms with E-state index in [-0.39, 0.29) is 55.9 Å². The Balaban J connectivity index is 1.77. The summed E-state index contributed by atoms with van der Waals surface area (Å²) in [5.74, 6) is -4.70. The van der Waals surface area contributed by atoms with Crippen molar-refractivity contribution in [3.63, 3.8) is 0 Å². The molecule has 1 saturated heterocycles. The Labute approximate surface area is 165 Å². The molecule has 1 heterocycles. The molecule has 5 nitrogen and oxygen atoms in total. The lowest BCUT2D eigenvalue weighted by atomic mass is 9.85. The van der Waals surface area contributed by atoms with E-state index in [1.54, 1.807) is 13.1 Å². The number of carbonyl (C=O) groups is 1. The summed E-state index contributed by atoms with van der Waals surface area (Å²) in [6, 6.07) is 2.60. The Morgan fingerprint density at radius 2 is 1.86 bits per heavy atom. The summed E-state index contributed by atoms with van der Waals surface area (Å²) in [7, 11) is 1.63. The molecule has 1 amide bonds. The van der Waals surface area contributed by atoms with E-state index in [0.29, 0.717) is 11.4 Å². The van der Waals surface area contributed by atoms with Crippen LogP contribution in [0.5, 0.6) is 0 Å². The number of nitrogens with zero attached hydrogens (tertiary/aromatic N) is 1. The molecule has 0 unspecified atom stereocenters. The predicted octanol–water partition coefficient (Wildman–Crippen LogP) is 4.01. The quantitative estimate of drug-likeness (QED) is 0.509. The van der Waals surface area contributed by atoms with Gasteiger partial charge in [-0.3, -0.25) is 4.79 Å². The minimum absolute atomic E-state index is 0.0412. The van der Waals surface area contributed by atoms with Gasteiger partial charge < -0.3 is 21.3 Å². The molecule has 2 fully saturated rings. The number of hydrogen-bond donors (Lipinski definition) is 3. The average Bonchev–Trinajstić information content (AvgIpc) is 3.00. The maximum absolute atomic E-state index is 13.7. The van der Waals surface area contributed by atoms with Gasteiger partial charge in [-0.2, -0.15) is 13.2 Å². The van der Waals surface area contributed by atoms with E-state index in [0.717, 1.165) is 0 Å². The van der Waals surface area contributed by atoms with Crippen LogP contribution in [-0.4, -0.2) is 44.2 Å². The first kappa shape index (κ1) is 21.4. The lowest BCUT2D eigenvalue weighted by Crippen LogP contribution is -2.40. The number of alkyl halides is 5. The minimum atomic E-state index is -4.22. The van der Waals surface area contributed by atoms with Gasteiger partial charge in [0.25, 0.3) is 11.8 Å². The molecule has 4 N–H and O–H groups in total. The number of nitrogen functional groups attached to an aromatic ring is 1. The lowest BCUT2D eigenvalue weighted by Gasteiger charge is -2.31. The first-order valence-electron chi connectivity index (χ1n) is 9.62. The van der Waals surface area contributed by atoms with Crippen molar-refractivity contribution in [2.24, 2.45) is 5.92 Å². The van der Waals surface area contributed by atoms with Gasteiger partial charge in [-0.1, -0.05) is 0 Å². The van der Waals surface area contributed by atoms with Crippen LogP contribution in [0.3, 0.4) is 0 Å². The summed E-state index contributed by atoms with van der Waals surface area (Å²) in [4.78, 5) is 14.3. The molecule has 162 valence electrons. The van der Waals surface area contributed by atoms with E-state index in [2.05, 4.69) is 10.6 Å². The highest BCUT2D eigenvalue weighted by molar-refractivity contribution is 6.02. The third-order valence-electron chi connectivity index (χ3n) is 5.72. The van der Waals surface area contributed by atoms with Crippen LogP contribution in [0.4, 0.5) is 39.0 Å². The van der Waals surface area contributed by atoms with E-state index >= 15 is 0 Å². The van der Waals surface area contributed by atoms with Gasteiger partial charge >= 0.3 is 6.18 Å². The van der Waals surface area contributed by atoms with Crippen molar-refractivity contribution in [3.8, 4) is 0 Å². The zero-order chi connectivity index (χ0) is 21.4. The highest BCUT2D eigenvalue weighted by Crippen LogP contribution is 2.39. The second kappa shape index (κ2) is 7.87. The molecular weight excluding hydrogens is 395 g/mol. The van der Waals surface area contributed by atoms with Gasteiger partial charge in [0.05, 0.1) is 35.1 Å². The number of rotatable bonds is 4. The Hall–Kier alpha value is -2.26. The zero-order valence-corrected chi connectivity index (χ0v) is 16.1. The van der Waals surface area contributed by atoms with E-state index < -0.39 is 30.5 Å². The fourth-order valence-electron chi connectivity index (χ4n) is 4.03. The van der Waals surface area contributed by atoms with Crippen LogP contribution in [-0.2, 0) is 0 Å². The number of benzene rings is 1. The van der Waals surface area contributed by atoms with Crippen molar-refractivity contribution in [1.82, 2.24) is 5.32 Å². The molecule has 1 aliphatic heterocycles. The first-order chi connectivity index (χ1) is 13.5. The zero-order valence-electron chi connectivity index (χ0n) is 16.1. The van der Waals surface area contributed by atoms with Crippen LogP contribution in [0.1, 0.15) is 42.5 Å². The van der Waals surface area contributed by atoms with Crippen LogP contribution in [0.2, 0.25) is 0 Å². The van der Waals surface area contributed by atoms with Gasteiger partial charge in [-0.25, -0.2) is 8.78 Å². The number of hydrogen-bond acceptors (Lipinski definition) is 4. The molecule has 0 aromatic heterocycles. The number of nitrogens with one attached hydrogen (secondary N) is 2. The van der Waals surface area contributed by atoms with Crippen LogP contribution in [0.15, 0.2) is 12.1 Å². The third kappa shape index (κ3) is 4.84. The summed E-state index contributed by atoms with van der Waals surface area (Å²) in [6.45, 7) is -0.409. The van der Waals surface area contributed by atoms with Gasteiger partial charge in [0, 0.05) is 26.1 Å². The summed E-state index contributed by atoms with van der Waals surface area (Å²) in [5, 5.41) is 5.63. The second-order valence-electron chi connectivity index (χ2n) is 7.80. The predicted molar refractivity (Wildman–Crippen MR) is 101 cm³/mol. The van der Waals surface area contributed by atoms with Crippen molar-refractivity contribution in [2.45, 2.75) is 50.2 Å². The largest absolute Gasteiger partial charge is 0.397 e. The molecule has 0 radical (unpaired) electrons. The molecule has 0 atom stereocenters. The van der Waals surface area contributed by atoms with Gasteiger partial charge in [0.1, 0.15) is 0 Å². The minimum Gasteiger partial charge on any atom is -0.397 e. The summed E-state index contributed by atoms with van der Waals surface area (Å²) in [6.07, 6.45) is -4.18. The van der Waals surface area contributed by atoms with E-state index in [1.165, 1.54) is 11.0 Å². The van der Waals surface area contributed by atoms with E-state index in [1.807, 2.05) is 0 Å². The Morgan fingerprint density at radius 3 is 2.38 bits per heavy atom. The van der Waals surface area contributed by atoms with Gasteiger partial charge in [-0.15, -0.1) is 0 Å². The molecule has 0 bridgehead atoms. The maximum Gasteiger partial charge on any atom is 0.391 e. The average molecular weight is 420 g/mol. The number of carbonyl (C=O) groups excluding carboxylic acids is 1. The fraction of sp³-hybridized carbons (Fsp3) is 0.632. The van der Waals surface area contributed by atoms with Crippen LogP contribution < -0.4 is 21.3 Å². The molecule has 3 rings (SSSR count). The van der Waals surface area contributed by atoms with Crippen LogP contribution in [0.25, 0.3) is 0 Å². The second-order valence-corrected chi connectivity index (χ2v) is 7.80. The highest BCUT2D eigenvalue weighted by Gasteiger charge is 2.42. The van der Waals surface area contributed by atoms with Crippen molar-refractivity contribution in [2.75, 3.05) is 36.1 Å². The Kier molecular flexibility index (Phi) is 5.82. The number of anilines is 3. The number of amides is 1. The molecule has 1 aromatic carbocycles. The van der Waals surface area contributed by atoms with E-state index in [4.69, 9.17) is 5.73 Å². The normalized spacial score (nSPS) is 24.4. The SMILES string of the molecule is CNc1cc(N2CCC(F)(F)C2)c(C(=O)NC2CCC(C(F)(F)F)CC2)cc1N. The molecule has 1 saturated carbocycles. The van der Waals surface area contributed by atoms with Gasteiger partial charge in [-0.05, 0) is 37.8 Å². The van der Waals surface area contributed by atoms with Crippen LogP contribution in [0, 0.1) is 5.92 Å². The first-order valence-corrected chi connectivity index (χ1v) is 9.62. The summed E-state index contributed by atoms with van der Waals surface area (Å²) < 4.78 is 65.9. The third-order valence-corrected chi connectivity index (χ3v) is 5.72. The molecular formula is C19H25F5N4O. The molecule has 1 aliphatic carbocycles. The van der Waals surface area contributed by atoms with Crippen LogP contribution >= 0.6 is 0 Å². The molecule has 29 heavy (non-hydrogen) atoms. The smallest absolute Gasteiger partial charge is 0.391 e. The topological polar surface area (TPSA) is 70.4 Å². The Morgan fingerprint density at radius 1 is 1.21 bits per heavy atom. The lowest BCUT2D eigenvalue weighted by molar-refractivity contribution is -0.182. The van der Waals surface area contributed by atoms with E-state index in [9.17, 15) is 26.7 Å².